The van der Waals surface area contributed by atoms with Gasteiger partial charge in [-0.15, -0.1) is 0 Å². The largest absolute Gasteiger partial charge is 0.354 e. The number of aryl methyl sites for hydroxylation is 2. The minimum Gasteiger partial charge on any atom is -0.354 e. The van der Waals surface area contributed by atoms with Gasteiger partial charge in [0.1, 0.15) is 0 Å². The lowest BCUT2D eigenvalue weighted by atomic mass is 10.4. The molecule has 1 heterocycles. The van der Waals surface area contributed by atoms with E-state index in [1.807, 2.05) is 0 Å². The summed E-state index contributed by atoms with van der Waals surface area (Å²) in [5.41, 5.74) is 6.69. The third-order valence-electron chi connectivity index (χ3n) is 1.52. The topological polar surface area (TPSA) is 30.9 Å². The van der Waals surface area contributed by atoms with Gasteiger partial charge in [-0.05, 0) is 31.5 Å². The van der Waals surface area contributed by atoms with Gasteiger partial charge in [-0.3, -0.25) is 0 Å². The van der Waals surface area contributed by atoms with Crippen molar-refractivity contribution >= 4 is 0 Å². The highest BCUT2D eigenvalue weighted by atomic mass is 14.9. The predicted octanol–water partition coefficient (Wildman–Crippen LogP) is 1.15. The van der Waals surface area contributed by atoms with E-state index in [0.29, 0.717) is 0 Å². The number of hydrogen-bond acceptors (Lipinski definition) is 1. The SMILES string of the molecule is Cc1ccn(CCCN)c1. The summed E-state index contributed by atoms with van der Waals surface area (Å²) < 4.78 is 2.17. The summed E-state index contributed by atoms with van der Waals surface area (Å²) in [5.74, 6) is 0. The molecule has 0 aliphatic heterocycles. The molecular formula is C8H14N2. The standard InChI is InChI=1S/C8H14N2/c1-8-3-6-10(7-8)5-2-4-9/h3,6-7H,2,4-5,9H2,1H3. The summed E-state index contributed by atoms with van der Waals surface area (Å²) >= 11 is 0. The molecular weight excluding hydrogens is 124 g/mol. The number of nitrogens with zero attached hydrogens (tertiary/aromatic N) is 1. The molecule has 56 valence electrons. The Morgan fingerprint density at radius 1 is 1.60 bits per heavy atom. The summed E-state index contributed by atoms with van der Waals surface area (Å²) in [5, 5.41) is 0. The zero-order chi connectivity index (χ0) is 7.40. The van der Waals surface area contributed by atoms with Crippen LogP contribution in [0.5, 0.6) is 0 Å². The highest BCUT2D eigenvalue weighted by molar-refractivity contribution is 5.06. The summed E-state index contributed by atoms with van der Waals surface area (Å²) in [4.78, 5) is 0. The van der Waals surface area contributed by atoms with Gasteiger partial charge in [-0.1, -0.05) is 0 Å². The Kier molecular flexibility index (Phi) is 2.51. The van der Waals surface area contributed by atoms with Gasteiger partial charge in [-0.25, -0.2) is 0 Å². The molecule has 1 aromatic rings. The van der Waals surface area contributed by atoms with E-state index in [4.69, 9.17) is 5.73 Å². The molecule has 0 aliphatic rings. The molecule has 2 N–H and O–H groups in total. The predicted molar refractivity (Wildman–Crippen MR) is 42.8 cm³/mol. The Morgan fingerprint density at radius 3 is 2.90 bits per heavy atom. The van der Waals surface area contributed by atoms with E-state index >= 15 is 0 Å². The zero-order valence-corrected chi connectivity index (χ0v) is 6.38. The van der Waals surface area contributed by atoms with Gasteiger partial charge >= 0.3 is 0 Å². The Bertz CT molecular complexity index is 191. The lowest BCUT2D eigenvalue weighted by molar-refractivity contribution is 0.653. The number of hydrogen-bond donors (Lipinski definition) is 1. The molecule has 1 rings (SSSR count). The van der Waals surface area contributed by atoms with E-state index in [1.54, 1.807) is 0 Å². The van der Waals surface area contributed by atoms with E-state index < -0.39 is 0 Å². The third kappa shape index (κ3) is 1.88. The summed E-state index contributed by atoms with van der Waals surface area (Å²) in [6, 6.07) is 2.11. The number of rotatable bonds is 3. The van der Waals surface area contributed by atoms with Crippen molar-refractivity contribution in [3.8, 4) is 0 Å². The first-order chi connectivity index (χ1) is 4.83. The van der Waals surface area contributed by atoms with Crippen molar-refractivity contribution < 1.29 is 0 Å². The Balaban J connectivity index is 2.42. The van der Waals surface area contributed by atoms with E-state index in [9.17, 15) is 0 Å². The van der Waals surface area contributed by atoms with Crippen LogP contribution in [0.3, 0.4) is 0 Å². The maximum atomic E-state index is 5.37. The molecule has 0 bridgehead atoms. The molecule has 0 aromatic carbocycles. The number of nitrogens with two attached hydrogens (primary N) is 1. The lowest BCUT2D eigenvalue weighted by Crippen LogP contribution is -2.03. The van der Waals surface area contributed by atoms with Crippen molar-refractivity contribution in [2.45, 2.75) is 19.9 Å². The second-order valence-electron chi connectivity index (χ2n) is 2.57. The normalized spacial score (nSPS) is 10.2. The molecule has 0 spiro atoms. The molecule has 0 atom stereocenters. The van der Waals surface area contributed by atoms with Gasteiger partial charge in [0.15, 0.2) is 0 Å². The van der Waals surface area contributed by atoms with Crippen LogP contribution in [-0.4, -0.2) is 11.1 Å². The average Bonchev–Trinajstić information content (AvgIpc) is 2.31. The van der Waals surface area contributed by atoms with Gasteiger partial charge in [0.05, 0.1) is 0 Å². The third-order valence-corrected chi connectivity index (χ3v) is 1.52. The van der Waals surface area contributed by atoms with Crippen LogP contribution in [0.1, 0.15) is 12.0 Å². The van der Waals surface area contributed by atoms with E-state index in [1.165, 1.54) is 5.56 Å². The van der Waals surface area contributed by atoms with Crippen LogP contribution in [0.4, 0.5) is 0 Å². The van der Waals surface area contributed by atoms with Crippen molar-refractivity contribution in [3.05, 3.63) is 24.0 Å². The number of aromatic nitrogens is 1. The van der Waals surface area contributed by atoms with Crippen molar-refractivity contribution in [2.24, 2.45) is 5.73 Å². The molecule has 0 unspecified atom stereocenters. The van der Waals surface area contributed by atoms with Gasteiger partial charge < -0.3 is 10.3 Å². The van der Waals surface area contributed by atoms with Crippen LogP contribution < -0.4 is 5.73 Å². The molecule has 0 radical (unpaired) electrons. The van der Waals surface area contributed by atoms with Gasteiger partial charge in [0, 0.05) is 18.9 Å². The Morgan fingerprint density at radius 2 is 2.40 bits per heavy atom. The van der Waals surface area contributed by atoms with Gasteiger partial charge in [0.2, 0.25) is 0 Å². The van der Waals surface area contributed by atoms with Crippen LogP contribution in [0.25, 0.3) is 0 Å². The maximum Gasteiger partial charge on any atom is 0.0231 e. The second-order valence-corrected chi connectivity index (χ2v) is 2.57. The highest BCUT2D eigenvalue weighted by Crippen LogP contribution is 1.98. The molecule has 2 nitrogen and oxygen atoms in total. The van der Waals surface area contributed by atoms with Crippen molar-refractivity contribution in [2.75, 3.05) is 6.54 Å². The Labute approximate surface area is 61.7 Å². The summed E-state index contributed by atoms with van der Waals surface area (Å²) in [6.45, 7) is 3.92. The van der Waals surface area contributed by atoms with E-state index in [0.717, 1.165) is 19.5 Å². The highest BCUT2D eigenvalue weighted by Gasteiger charge is 1.89. The van der Waals surface area contributed by atoms with Crippen LogP contribution in [-0.2, 0) is 6.54 Å². The van der Waals surface area contributed by atoms with Crippen molar-refractivity contribution in [1.29, 1.82) is 0 Å². The Hall–Kier alpha value is -0.760. The fourth-order valence-electron chi connectivity index (χ4n) is 0.974. The molecule has 0 amide bonds. The molecule has 0 saturated carbocycles. The first-order valence-corrected chi connectivity index (χ1v) is 3.65. The average molecular weight is 138 g/mol. The summed E-state index contributed by atoms with van der Waals surface area (Å²) in [7, 11) is 0. The fraction of sp³-hybridized carbons (Fsp3) is 0.500. The molecule has 0 saturated heterocycles. The van der Waals surface area contributed by atoms with Crippen molar-refractivity contribution in [3.63, 3.8) is 0 Å². The molecule has 2 heteroatoms. The van der Waals surface area contributed by atoms with Crippen LogP contribution >= 0.6 is 0 Å². The van der Waals surface area contributed by atoms with Gasteiger partial charge in [-0.2, -0.15) is 0 Å². The minimum atomic E-state index is 0.775. The quantitative estimate of drug-likeness (QED) is 0.667. The van der Waals surface area contributed by atoms with Crippen molar-refractivity contribution in [1.82, 2.24) is 4.57 Å². The minimum absolute atomic E-state index is 0.775. The fourth-order valence-corrected chi connectivity index (χ4v) is 0.974. The van der Waals surface area contributed by atoms with Crippen LogP contribution in [0, 0.1) is 6.92 Å². The van der Waals surface area contributed by atoms with Gasteiger partial charge in [0.25, 0.3) is 0 Å². The molecule has 0 fully saturated rings. The lowest BCUT2D eigenvalue weighted by Gasteiger charge is -1.98. The molecule has 10 heavy (non-hydrogen) atoms. The van der Waals surface area contributed by atoms with Crippen LogP contribution in [0.2, 0.25) is 0 Å². The second kappa shape index (κ2) is 3.42. The van der Waals surface area contributed by atoms with E-state index in [-0.39, 0.29) is 0 Å². The van der Waals surface area contributed by atoms with E-state index in [2.05, 4.69) is 30.0 Å². The zero-order valence-electron chi connectivity index (χ0n) is 6.38. The van der Waals surface area contributed by atoms with Crippen LogP contribution in [0.15, 0.2) is 18.5 Å². The summed E-state index contributed by atoms with van der Waals surface area (Å²) in [6.07, 6.45) is 5.29. The first kappa shape index (κ1) is 7.35. The molecule has 0 aliphatic carbocycles. The first-order valence-electron chi connectivity index (χ1n) is 3.65. The molecule has 1 aromatic heterocycles. The maximum absolute atomic E-state index is 5.37. The smallest absolute Gasteiger partial charge is 0.0231 e. The monoisotopic (exact) mass is 138 g/mol.